The molecule has 0 aliphatic heterocycles. The first-order valence-electron chi connectivity index (χ1n) is 17.2. The molecule has 0 radical (unpaired) electrons. The fraction of sp³-hybridized carbons (Fsp3) is 0.255. The molecule has 0 spiro atoms. The SMILES string of the molecule is CC(C)(C)c1cc(-c2cccc(-c3cc(-c4ccccc4)nc(-c4ccccc4)c3)c2)cc(-c2cc(C(C)(C)C)cc(C(C)(C)C)c2)c1. The molecule has 1 nitrogen and oxygen atoms in total. The van der Waals surface area contributed by atoms with E-state index in [4.69, 9.17) is 4.98 Å². The van der Waals surface area contributed by atoms with Crippen LogP contribution in [0.1, 0.15) is 79.0 Å². The Kier molecular flexibility index (Phi) is 8.77. The normalized spacial score (nSPS) is 12.3. The number of nitrogens with zero attached hydrogens (tertiary/aromatic N) is 1. The predicted molar refractivity (Wildman–Crippen MR) is 208 cm³/mol. The van der Waals surface area contributed by atoms with Gasteiger partial charge in [0.2, 0.25) is 0 Å². The van der Waals surface area contributed by atoms with Crippen LogP contribution in [-0.4, -0.2) is 4.98 Å². The van der Waals surface area contributed by atoms with Crippen LogP contribution < -0.4 is 0 Å². The van der Waals surface area contributed by atoms with Crippen LogP contribution in [0.25, 0.3) is 55.9 Å². The summed E-state index contributed by atoms with van der Waals surface area (Å²) in [6, 6.07) is 48.8. The number of hydrogen-bond donors (Lipinski definition) is 0. The molecule has 0 bridgehead atoms. The van der Waals surface area contributed by atoms with Gasteiger partial charge in [-0.1, -0.05) is 172 Å². The minimum Gasteiger partial charge on any atom is -0.248 e. The summed E-state index contributed by atoms with van der Waals surface area (Å²) in [5.74, 6) is 0. The molecule has 0 amide bonds. The van der Waals surface area contributed by atoms with Gasteiger partial charge in [0.15, 0.2) is 0 Å². The Balaban J connectivity index is 1.51. The van der Waals surface area contributed by atoms with E-state index in [-0.39, 0.29) is 16.2 Å². The Bertz CT molecular complexity index is 1960. The van der Waals surface area contributed by atoms with E-state index in [9.17, 15) is 0 Å². The van der Waals surface area contributed by atoms with Gasteiger partial charge in [0, 0.05) is 11.1 Å². The highest BCUT2D eigenvalue weighted by Crippen LogP contribution is 2.39. The van der Waals surface area contributed by atoms with E-state index in [2.05, 4.69) is 196 Å². The van der Waals surface area contributed by atoms with Gasteiger partial charge >= 0.3 is 0 Å². The number of benzene rings is 5. The molecule has 0 saturated carbocycles. The van der Waals surface area contributed by atoms with Gasteiger partial charge in [-0.15, -0.1) is 0 Å². The van der Waals surface area contributed by atoms with Crippen LogP contribution in [0.4, 0.5) is 0 Å². The maximum atomic E-state index is 5.11. The van der Waals surface area contributed by atoms with E-state index in [1.54, 1.807) is 0 Å². The number of rotatable bonds is 5. The lowest BCUT2D eigenvalue weighted by Crippen LogP contribution is -2.16. The van der Waals surface area contributed by atoms with Gasteiger partial charge in [-0.2, -0.15) is 0 Å². The summed E-state index contributed by atoms with van der Waals surface area (Å²) in [4.78, 5) is 5.11. The minimum atomic E-state index is -0.00284. The molecule has 5 aromatic carbocycles. The molecule has 0 unspecified atom stereocenters. The van der Waals surface area contributed by atoms with Crippen molar-refractivity contribution in [2.24, 2.45) is 0 Å². The standard InChI is InChI=1S/C47H49N/c1-45(2,3)40-25-36(24-37(26-40)38-27-41(46(4,5)6)31-42(28-38)47(7,8)9)34-21-16-22-35(23-34)39-29-43(32-17-12-10-13-18-32)48-44(30-39)33-19-14-11-15-20-33/h10-31H,1-9H3. The Morgan fingerprint density at radius 3 is 1.02 bits per heavy atom. The maximum absolute atomic E-state index is 5.11. The molecule has 6 aromatic rings. The molecular weight excluding hydrogens is 579 g/mol. The van der Waals surface area contributed by atoms with E-state index in [1.807, 2.05) is 0 Å². The van der Waals surface area contributed by atoms with Crippen molar-refractivity contribution in [3.8, 4) is 55.9 Å². The third-order valence-electron chi connectivity index (χ3n) is 9.29. The van der Waals surface area contributed by atoms with E-state index in [0.29, 0.717) is 0 Å². The zero-order valence-corrected chi connectivity index (χ0v) is 30.1. The van der Waals surface area contributed by atoms with Crippen LogP contribution in [0.3, 0.4) is 0 Å². The van der Waals surface area contributed by atoms with Crippen molar-refractivity contribution in [1.82, 2.24) is 4.98 Å². The van der Waals surface area contributed by atoms with E-state index in [1.165, 1.54) is 44.5 Å². The Hall–Kier alpha value is -4.75. The molecule has 0 fully saturated rings. The molecule has 0 aliphatic carbocycles. The molecular formula is C47H49N. The van der Waals surface area contributed by atoms with Crippen molar-refractivity contribution in [3.05, 3.63) is 150 Å². The van der Waals surface area contributed by atoms with Gasteiger partial charge in [-0.05, 0) is 90.6 Å². The predicted octanol–water partition coefficient (Wildman–Crippen LogP) is 13.3. The van der Waals surface area contributed by atoms with Crippen LogP contribution in [-0.2, 0) is 16.2 Å². The summed E-state index contributed by atoms with van der Waals surface area (Å²) in [6.07, 6.45) is 0. The fourth-order valence-electron chi connectivity index (χ4n) is 6.14. The molecule has 0 saturated heterocycles. The van der Waals surface area contributed by atoms with Crippen molar-refractivity contribution < 1.29 is 0 Å². The highest BCUT2D eigenvalue weighted by atomic mass is 14.7. The highest BCUT2D eigenvalue weighted by molar-refractivity contribution is 5.81. The van der Waals surface area contributed by atoms with Crippen molar-refractivity contribution >= 4 is 0 Å². The molecule has 0 atom stereocenters. The van der Waals surface area contributed by atoms with Crippen LogP contribution in [0, 0.1) is 0 Å². The Morgan fingerprint density at radius 2 is 0.604 bits per heavy atom. The molecule has 242 valence electrons. The molecule has 1 aromatic heterocycles. The monoisotopic (exact) mass is 627 g/mol. The van der Waals surface area contributed by atoms with Crippen molar-refractivity contribution in [1.29, 1.82) is 0 Å². The second kappa shape index (κ2) is 12.7. The largest absolute Gasteiger partial charge is 0.248 e. The maximum Gasteiger partial charge on any atom is 0.0715 e. The van der Waals surface area contributed by atoms with Gasteiger partial charge < -0.3 is 0 Å². The van der Waals surface area contributed by atoms with Gasteiger partial charge in [-0.3, -0.25) is 0 Å². The summed E-state index contributed by atoms with van der Waals surface area (Å²) >= 11 is 0. The second-order valence-corrected chi connectivity index (χ2v) is 16.3. The molecule has 6 rings (SSSR count). The van der Waals surface area contributed by atoms with Crippen molar-refractivity contribution in [2.75, 3.05) is 0 Å². The van der Waals surface area contributed by atoms with Gasteiger partial charge in [-0.25, -0.2) is 4.98 Å². The minimum absolute atomic E-state index is 0.00284. The first-order chi connectivity index (χ1) is 22.6. The van der Waals surface area contributed by atoms with E-state index >= 15 is 0 Å². The topological polar surface area (TPSA) is 12.9 Å². The van der Waals surface area contributed by atoms with E-state index < -0.39 is 0 Å². The Labute approximate surface area is 288 Å². The third-order valence-corrected chi connectivity index (χ3v) is 9.29. The average molecular weight is 628 g/mol. The van der Waals surface area contributed by atoms with Crippen LogP contribution in [0.15, 0.2) is 133 Å². The fourth-order valence-corrected chi connectivity index (χ4v) is 6.14. The summed E-state index contributed by atoms with van der Waals surface area (Å²) < 4.78 is 0. The number of pyridine rings is 1. The van der Waals surface area contributed by atoms with E-state index in [0.717, 1.165) is 28.1 Å². The highest BCUT2D eigenvalue weighted by Gasteiger charge is 2.23. The summed E-state index contributed by atoms with van der Waals surface area (Å²) in [7, 11) is 0. The molecule has 0 N–H and O–H groups in total. The summed E-state index contributed by atoms with van der Waals surface area (Å²) in [5.41, 5.74) is 15.7. The number of aromatic nitrogens is 1. The first kappa shape index (κ1) is 33.2. The smallest absolute Gasteiger partial charge is 0.0715 e. The van der Waals surface area contributed by atoms with Crippen molar-refractivity contribution in [2.45, 2.75) is 78.6 Å². The van der Waals surface area contributed by atoms with Crippen LogP contribution >= 0.6 is 0 Å². The zero-order valence-electron chi connectivity index (χ0n) is 30.1. The molecule has 48 heavy (non-hydrogen) atoms. The zero-order chi connectivity index (χ0) is 34.3. The molecule has 0 aliphatic rings. The molecule has 1 heteroatoms. The van der Waals surface area contributed by atoms with Crippen LogP contribution in [0.5, 0.6) is 0 Å². The second-order valence-electron chi connectivity index (χ2n) is 16.3. The van der Waals surface area contributed by atoms with Gasteiger partial charge in [0.05, 0.1) is 11.4 Å². The summed E-state index contributed by atoms with van der Waals surface area (Å²) in [6.45, 7) is 20.8. The lowest BCUT2D eigenvalue weighted by Gasteiger charge is -2.27. The summed E-state index contributed by atoms with van der Waals surface area (Å²) in [5, 5.41) is 0. The van der Waals surface area contributed by atoms with Gasteiger partial charge in [0.1, 0.15) is 0 Å². The first-order valence-corrected chi connectivity index (χ1v) is 17.2. The average Bonchev–Trinajstić information content (AvgIpc) is 3.07. The quantitative estimate of drug-likeness (QED) is 0.185. The lowest BCUT2D eigenvalue weighted by atomic mass is 9.78. The van der Waals surface area contributed by atoms with Gasteiger partial charge in [0.25, 0.3) is 0 Å². The number of hydrogen-bond acceptors (Lipinski definition) is 1. The van der Waals surface area contributed by atoms with Crippen molar-refractivity contribution in [3.63, 3.8) is 0 Å². The third kappa shape index (κ3) is 7.37. The molecule has 1 heterocycles. The Morgan fingerprint density at radius 1 is 0.292 bits per heavy atom. The van der Waals surface area contributed by atoms with Crippen LogP contribution in [0.2, 0.25) is 0 Å². The lowest BCUT2D eigenvalue weighted by molar-refractivity contribution is 0.569.